The van der Waals surface area contributed by atoms with Crippen LogP contribution in [0.4, 0.5) is 11.4 Å². The molecule has 0 saturated carbocycles. The van der Waals surface area contributed by atoms with Crippen LogP contribution in [0.15, 0.2) is 24.3 Å². The van der Waals surface area contributed by atoms with Crippen LogP contribution in [0.3, 0.4) is 0 Å². The number of ether oxygens (including phenoxy) is 4. The summed E-state index contributed by atoms with van der Waals surface area (Å²) in [4.78, 5) is 11.6. The fraction of sp³-hybridized carbons (Fsp3) is 0.222. The number of amides is 1. The van der Waals surface area contributed by atoms with Crippen LogP contribution in [-0.2, 0) is 0 Å². The number of hydrogen-bond acceptors (Lipinski definition) is 6. The largest absolute Gasteiger partial charge is 0.496 e. The first-order valence-corrected chi connectivity index (χ1v) is 8.68. The lowest BCUT2D eigenvalue weighted by Gasteiger charge is -2.18. The van der Waals surface area contributed by atoms with Gasteiger partial charge in [-0.05, 0) is 24.4 Å². The molecule has 0 unspecified atom stereocenters. The number of carbonyl (C=O) groups is 1. The number of primary amides is 1. The van der Waals surface area contributed by atoms with E-state index in [4.69, 9.17) is 48.5 Å². The maximum absolute atomic E-state index is 11.6. The highest BCUT2D eigenvalue weighted by Crippen LogP contribution is 2.37. The molecule has 0 saturated heterocycles. The Morgan fingerprint density at radius 1 is 0.857 bits per heavy atom. The molecule has 0 aliphatic rings. The maximum atomic E-state index is 11.6. The normalized spacial score (nSPS) is 10.0. The third-order valence-corrected chi connectivity index (χ3v) is 4.26. The second kappa shape index (κ2) is 9.34. The van der Waals surface area contributed by atoms with E-state index in [-0.39, 0.29) is 16.4 Å². The Balaban J connectivity index is 2.31. The smallest absolute Gasteiger partial charge is 0.252 e. The van der Waals surface area contributed by atoms with Crippen molar-refractivity contribution in [3.63, 3.8) is 0 Å². The summed E-state index contributed by atoms with van der Waals surface area (Å²) >= 11 is 11.5. The van der Waals surface area contributed by atoms with Crippen molar-refractivity contribution in [1.29, 1.82) is 0 Å². The zero-order chi connectivity index (χ0) is 20.8. The topological polar surface area (TPSA) is 104 Å². The van der Waals surface area contributed by atoms with Crippen LogP contribution in [0.5, 0.6) is 23.0 Å². The Hall–Kier alpha value is -2.91. The summed E-state index contributed by atoms with van der Waals surface area (Å²) in [5, 5.41) is 6.60. The minimum absolute atomic E-state index is 0.187. The average Bonchev–Trinajstić information content (AvgIpc) is 2.67. The molecule has 0 aromatic heterocycles. The molecule has 2 rings (SSSR count). The molecule has 150 valence electrons. The van der Waals surface area contributed by atoms with Gasteiger partial charge in [0.25, 0.3) is 5.91 Å². The number of thiocarbonyl (C=S) groups is 1. The van der Waals surface area contributed by atoms with Crippen molar-refractivity contribution in [1.82, 2.24) is 0 Å². The summed E-state index contributed by atoms with van der Waals surface area (Å²) in [6.45, 7) is 0. The zero-order valence-electron chi connectivity index (χ0n) is 15.7. The lowest BCUT2D eigenvalue weighted by atomic mass is 10.1. The molecule has 1 amide bonds. The number of hydrogen-bond donors (Lipinski definition) is 3. The standard InChI is InChI=1S/C18H20ClN3O5S/c1-24-13-7-12(15(26-3)5-9(13)17(20)23)22-18(28)21-11-6-10(19)14(25-2)8-16(11)27-4/h5-8H,1-4H3,(H2,20,23)(H2,21,22,28). The molecule has 0 aliphatic heterocycles. The van der Waals surface area contributed by atoms with E-state index in [9.17, 15) is 4.79 Å². The molecule has 10 heteroatoms. The SMILES string of the molecule is COc1cc(OC)c(NC(=S)Nc2cc(OC)c(C(N)=O)cc2OC)cc1Cl. The monoisotopic (exact) mass is 425 g/mol. The van der Waals surface area contributed by atoms with E-state index in [0.717, 1.165) is 0 Å². The molecule has 4 N–H and O–H groups in total. The molecule has 0 spiro atoms. The van der Waals surface area contributed by atoms with Crippen LogP contribution >= 0.6 is 23.8 Å². The molecule has 0 aliphatic carbocycles. The second-order valence-corrected chi connectivity index (χ2v) is 6.20. The average molecular weight is 426 g/mol. The molecular weight excluding hydrogens is 406 g/mol. The number of nitrogens with one attached hydrogen (secondary N) is 2. The highest BCUT2D eigenvalue weighted by molar-refractivity contribution is 7.80. The Bertz CT molecular complexity index is 907. The Morgan fingerprint density at radius 2 is 1.36 bits per heavy atom. The van der Waals surface area contributed by atoms with Gasteiger partial charge in [-0.2, -0.15) is 0 Å². The molecule has 0 radical (unpaired) electrons. The molecule has 28 heavy (non-hydrogen) atoms. The molecule has 0 atom stereocenters. The summed E-state index contributed by atoms with van der Waals surface area (Å²) in [6.07, 6.45) is 0. The van der Waals surface area contributed by atoms with Crippen LogP contribution < -0.4 is 35.3 Å². The number of carbonyl (C=O) groups excluding carboxylic acids is 1. The fourth-order valence-corrected chi connectivity index (χ4v) is 2.88. The van der Waals surface area contributed by atoms with Gasteiger partial charge in [-0.3, -0.25) is 4.79 Å². The lowest BCUT2D eigenvalue weighted by molar-refractivity contribution is 0.0997. The second-order valence-electron chi connectivity index (χ2n) is 5.38. The highest BCUT2D eigenvalue weighted by Gasteiger charge is 2.17. The zero-order valence-corrected chi connectivity index (χ0v) is 17.3. The molecule has 8 nitrogen and oxygen atoms in total. The summed E-state index contributed by atoms with van der Waals surface area (Å²) in [7, 11) is 5.91. The first-order valence-electron chi connectivity index (χ1n) is 7.89. The Kier molecular flexibility index (Phi) is 7.13. The third kappa shape index (κ3) is 4.68. The van der Waals surface area contributed by atoms with Gasteiger partial charge in [-0.1, -0.05) is 11.6 Å². The molecule has 0 bridgehead atoms. The molecular formula is C18H20ClN3O5S. The van der Waals surface area contributed by atoms with Crippen molar-refractivity contribution in [3.05, 3.63) is 34.9 Å². The highest BCUT2D eigenvalue weighted by atomic mass is 35.5. The van der Waals surface area contributed by atoms with E-state index in [1.54, 1.807) is 18.2 Å². The minimum atomic E-state index is -0.639. The molecule has 2 aromatic rings. The first kappa shape index (κ1) is 21.4. The van der Waals surface area contributed by atoms with Crippen molar-refractivity contribution in [2.75, 3.05) is 39.1 Å². The van der Waals surface area contributed by atoms with Crippen molar-refractivity contribution in [2.24, 2.45) is 5.73 Å². The van der Waals surface area contributed by atoms with Gasteiger partial charge < -0.3 is 35.3 Å². The van der Waals surface area contributed by atoms with E-state index < -0.39 is 5.91 Å². The van der Waals surface area contributed by atoms with Gasteiger partial charge in [-0.15, -0.1) is 0 Å². The summed E-state index contributed by atoms with van der Waals surface area (Å²) in [6, 6.07) is 6.29. The van der Waals surface area contributed by atoms with Gasteiger partial charge in [-0.25, -0.2) is 0 Å². The minimum Gasteiger partial charge on any atom is -0.496 e. The Morgan fingerprint density at radius 3 is 1.86 bits per heavy atom. The lowest BCUT2D eigenvalue weighted by Crippen LogP contribution is -2.20. The predicted octanol–water partition coefficient (Wildman–Crippen LogP) is 3.28. The van der Waals surface area contributed by atoms with Gasteiger partial charge in [0, 0.05) is 12.1 Å². The number of benzene rings is 2. The van der Waals surface area contributed by atoms with E-state index in [0.29, 0.717) is 33.6 Å². The van der Waals surface area contributed by atoms with Gasteiger partial charge in [0.2, 0.25) is 0 Å². The summed E-state index contributed by atoms with van der Waals surface area (Å²) < 4.78 is 21.0. The number of anilines is 2. The van der Waals surface area contributed by atoms with Gasteiger partial charge in [0.15, 0.2) is 5.11 Å². The van der Waals surface area contributed by atoms with Crippen LogP contribution in [0.2, 0.25) is 5.02 Å². The summed E-state index contributed by atoms with van der Waals surface area (Å²) in [5.74, 6) is 0.956. The summed E-state index contributed by atoms with van der Waals surface area (Å²) in [5.41, 5.74) is 6.56. The fourth-order valence-electron chi connectivity index (χ4n) is 2.42. The van der Waals surface area contributed by atoms with Crippen LogP contribution in [-0.4, -0.2) is 39.5 Å². The number of nitrogens with two attached hydrogens (primary N) is 1. The predicted molar refractivity (Wildman–Crippen MR) is 112 cm³/mol. The molecule has 0 fully saturated rings. The number of rotatable bonds is 7. The van der Waals surface area contributed by atoms with Crippen molar-refractivity contribution in [2.45, 2.75) is 0 Å². The quantitative estimate of drug-likeness (QED) is 0.580. The van der Waals surface area contributed by atoms with Crippen molar-refractivity contribution in [3.8, 4) is 23.0 Å². The van der Waals surface area contributed by atoms with Crippen molar-refractivity contribution >= 4 is 46.2 Å². The van der Waals surface area contributed by atoms with Gasteiger partial charge in [0.1, 0.15) is 23.0 Å². The first-order chi connectivity index (χ1) is 13.3. The number of halogens is 1. The van der Waals surface area contributed by atoms with Gasteiger partial charge >= 0.3 is 0 Å². The van der Waals surface area contributed by atoms with E-state index in [2.05, 4.69) is 10.6 Å². The third-order valence-electron chi connectivity index (χ3n) is 3.76. The van der Waals surface area contributed by atoms with Crippen LogP contribution in [0.25, 0.3) is 0 Å². The molecule has 2 aromatic carbocycles. The van der Waals surface area contributed by atoms with E-state index in [1.807, 2.05) is 0 Å². The maximum Gasteiger partial charge on any atom is 0.252 e. The number of methoxy groups -OCH3 is 4. The van der Waals surface area contributed by atoms with Crippen molar-refractivity contribution < 1.29 is 23.7 Å². The van der Waals surface area contributed by atoms with E-state index in [1.165, 1.54) is 34.5 Å². The van der Waals surface area contributed by atoms with E-state index >= 15 is 0 Å². The van der Waals surface area contributed by atoms with Crippen LogP contribution in [0.1, 0.15) is 10.4 Å². The van der Waals surface area contributed by atoms with Crippen LogP contribution in [0, 0.1) is 0 Å². The Labute approximate surface area is 172 Å². The molecule has 0 heterocycles. The van der Waals surface area contributed by atoms with Gasteiger partial charge in [0.05, 0.1) is 50.4 Å².